The van der Waals surface area contributed by atoms with E-state index in [2.05, 4.69) is 4.74 Å². The molecule has 7 heteroatoms. The fourth-order valence-electron chi connectivity index (χ4n) is 1.88. The Hall–Kier alpha value is -2.02. The van der Waals surface area contributed by atoms with Crippen molar-refractivity contribution in [1.29, 1.82) is 0 Å². The van der Waals surface area contributed by atoms with E-state index in [-0.39, 0.29) is 18.7 Å². The van der Waals surface area contributed by atoms with Crippen LogP contribution in [0.1, 0.15) is 10.4 Å². The molecule has 108 valence electrons. The largest absolute Gasteiger partial charge is 0.478 e. The highest BCUT2D eigenvalue weighted by Crippen LogP contribution is 2.18. The van der Waals surface area contributed by atoms with Gasteiger partial charge in [-0.1, -0.05) is 0 Å². The molecule has 0 fully saturated rings. The van der Waals surface area contributed by atoms with Crippen molar-refractivity contribution in [3.05, 3.63) is 36.0 Å². The van der Waals surface area contributed by atoms with E-state index >= 15 is 0 Å². The third-order valence-electron chi connectivity index (χ3n) is 2.76. The number of nitrogens with zero attached hydrogens (tertiary/aromatic N) is 1. The van der Waals surface area contributed by atoms with Crippen molar-refractivity contribution in [2.75, 3.05) is 13.2 Å². The Kier molecular flexibility index (Phi) is 3.99. The van der Waals surface area contributed by atoms with E-state index in [9.17, 15) is 18.0 Å². The second-order valence-electron chi connectivity index (χ2n) is 4.26. The van der Waals surface area contributed by atoms with Gasteiger partial charge >= 0.3 is 12.1 Å². The van der Waals surface area contributed by atoms with Gasteiger partial charge in [0.1, 0.15) is 6.61 Å². The molecule has 0 aliphatic heterocycles. The first-order valence-corrected chi connectivity index (χ1v) is 5.83. The van der Waals surface area contributed by atoms with Gasteiger partial charge in [-0.25, -0.2) is 4.79 Å². The van der Waals surface area contributed by atoms with Crippen LogP contribution in [-0.4, -0.2) is 35.0 Å². The molecule has 0 radical (unpaired) electrons. The van der Waals surface area contributed by atoms with E-state index in [1.165, 1.54) is 12.1 Å². The predicted octanol–water partition coefficient (Wildman–Crippen LogP) is 2.92. The first kappa shape index (κ1) is 14.4. The van der Waals surface area contributed by atoms with Crippen LogP contribution < -0.4 is 0 Å². The number of fused-ring (bicyclic) bond motifs is 1. The Morgan fingerprint density at radius 1 is 1.30 bits per heavy atom. The standard InChI is InChI=1S/C13H12F3NO3/c14-13(15,16)8-20-6-5-17-4-3-9-7-10(12(18)19)1-2-11(9)17/h1-4,7H,5-6,8H2,(H,18,19). The van der Waals surface area contributed by atoms with Crippen molar-refractivity contribution < 1.29 is 27.8 Å². The van der Waals surface area contributed by atoms with Crippen LogP contribution in [0, 0.1) is 0 Å². The first-order chi connectivity index (χ1) is 9.37. The minimum atomic E-state index is -4.32. The lowest BCUT2D eigenvalue weighted by atomic mass is 10.1. The lowest BCUT2D eigenvalue weighted by Crippen LogP contribution is -2.18. The SMILES string of the molecule is O=C(O)c1ccc2c(ccn2CCOCC(F)(F)F)c1. The number of carboxylic acids is 1. The summed E-state index contributed by atoms with van der Waals surface area (Å²) in [6, 6.07) is 6.32. The number of carboxylic acid groups (broad SMARTS) is 1. The maximum Gasteiger partial charge on any atom is 0.411 e. The Bertz CT molecular complexity index is 619. The monoisotopic (exact) mass is 287 g/mol. The van der Waals surface area contributed by atoms with E-state index in [0.717, 1.165) is 10.9 Å². The van der Waals surface area contributed by atoms with E-state index in [1.54, 1.807) is 22.9 Å². The van der Waals surface area contributed by atoms with E-state index in [0.29, 0.717) is 0 Å². The number of rotatable bonds is 5. The maximum atomic E-state index is 11.9. The smallest absolute Gasteiger partial charge is 0.411 e. The number of halogens is 3. The summed E-state index contributed by atoms with van der Waals surface area (Å²) < 4.78 is 42.0. The number of ether oxygens (including phenoxy) is 1. The Balaban J connectivity index is 2.03. The zero-order valence-corrected chi connectivity index (χ0v) is 10.4. The van der Waals surface area contributed by atoms with Gasteiger partial charge in [0.15, 0.2) is 0 Å². The van der Waals surface area contributed by atoms with Gasteiger partial charge < -0.3 is 14.4 Å². The maximum absolute atomic E-state index is 11.9. The molecule has 0 spiro atoms. The highest BCUT2D eigenvalue weighted by molar-refractivity contribution is 5.93. The summed E-state index contributed by atoms with van der Waals surface area (Å²) in [5.74, 6) is -1.02. The van der Waals surface area contributed by atoms with Gasteiger partial charge in [0.2, 0.25) is 0 Å². The summed E-state index contributed by atoms with van der Waals surface area (Å²) in [6.07, 6.45) is -2.64. The quantitative estimate of drug-likeness (QED) is 0.860. The van der Waals surface area contributed by atoms with Gasteiger partial charge in [-0.15, -0.1) is 0 Å². The number of aromatic carboxylic acids is 1. The van der Waals surface area contributed by atoms with Crippen LogP contribution in [0.3, 0.4) is 0 Å². The molecule has 1 N–H and O–H groups in total. The predicted molar refractivity (Wildman–Crippen MR) is 65.8 cm³/mol. The van der Waals surface area contributed by atoms with Gasteiger partial charge in [-0.05, 0) is 24.3 Å². The fourth-order valence-corrected chi connectivity index (χ4v) is 1.88. The summed E-state index contributed by atoms with van der Waals surface area (Å²) in [6.45, 7) is -1.06. The van der Waals surface area contributed by atoms with Gasteiger partial charge in [0.05, 0.1) is 12.2 Å². The lowest BCUT2D eigenvalue weighted by molar-refractivity contribution is -0.174. The molecule has 1 aromatic heterocycles. The van der Waals surface area contributed by atoms with Gasteiger partial charge in [0, 0.05) is 23.6 Å². The Morgan fingerprint density at radius 2 is 2.05 bits per heavy atom. The zero-order valence-electron chi connectivity index (χ0n) is 10.4. The van der Waals surface area contributed by atoms with Crippen molar-refractivity contribution in [2.24, 2.45) is 0 Å². The average molecular weight is 287 g/mol. The van der Waals surface area contributed by atoms with Crippen molar-refractivity contribution in [3.8, 4) is 0 Å². The van der Waals surface area contributed by atoms with Crippen LogP contribution in [0.25, 0.3) is 10.9 Å². The molecular weight excluding hydrogens is 275 g/mol. The molecule has 4 nitrogen and oxygen atoms in total. The average Bonchev–Trinajstić information content (AvgIpc) is 2.76. The van der Waals surface area contributed by atoms with Gasteiger partial charge in [-0.3, -0.25) is 0 Å². The molecule has 1 heterocycles. The summed E-state index contributed by atoms with van der Waals surface area (Å²) in [5.41, 5.74) is 0.925. The molecule has 1 aromatic carbocycles. The highest BCUT2D eigenvalue weighted by atomic mass is 19.4. The van der Waals surface area contributed by atoms with E-state index in [1.807, 2.05) is 0 Å². The van der Waals surface area contributed by atoms with Crippen LogP contribution in [-0.2, 0) is 11.3 Å². The second-order valence-corrected chi connectivity index (χ2v) is 4.26. The van der Waals surface area contributed by atoms with Crippen molar-refractivity contribution in [3.63, 3.8) is 0 Å². The van der Waals surface area contributed by atoms with Crippen molar-refractivity contribution in [1.82, 2.24) is 4.57 Å². The topological polar surface area (TPSA) is 51.5 Å². The molecule has 0 saturated heterocycles. The Labute approximate surface area is 112 Å². The van der Waals surface area contributed by atoms with E-state index in [4.69, 9.17) is 5.11 Å². The fraction of sp³-hybridized carbons (Fsp3) is 0.308. The molecule has 0 atom stereocenters. The minimum absolute atomic E-state index is 0.0655. The van der Waals surface area contributed by atoms with Crippen molar-refractivity contribution in [2.45, 2.75) is 12.7 Å². The van der Waals surface area contributed by atoms with Gasteiger partial charge in [0.25, 0.3) is 0 Å². The third kappa shape index (κ3) is 3.51. The molecule has 2 aromatic rings. The highest BCUT2D eigenvalue weighted by Gasteiger charge is 2.27. The van der Waals surface area contributed by atoms with Gasteiger partial charge in [-0.2, -0.15) is 13.2 Å². The molecule has 0 bridgehead atoms. The molecule has 0 aliphatic carbocycles. The number of aromatic nitrogens is 1. The molecule has 0 saturated carbocycles. The molecule has 0 amide bonds. The summed E-state index contributed by atoms with van der Waals surface area (Å²) in [4.78, 5) is 10.8. The second kappa shape index (κ2) is 5.54. The normalized spacial score (nSPS) is 11.9. The first-order valence-electron chi connectivity index (χ1n) is 5.83. The Morgan fingerprint density at radius 3 is 2.70 bits per heavy atom. The molecule has 2 rings (SSSR count). The summed E-state index contributed by atoms with van der Waals surface area (Å²) in [5, 5.41) is 9.59. The molecule has 0 unspecified atom stereocenters. The summed E-state index contributed by atoms with van der Waals surface area (Å²) in [7, 11) is 0. The van der Waals surface area contributed by atoms with Crippen LogP contribution in [0.4, 0.5) is 13.2 Å². The number of hydrogen-bond acceptors (Lipinski definition) is 2. The molecular formula is C13H12F3NO3. The van der Waals surface area contributed by atoms with Crippen LogP contribution in [0.5, 0.6) is 0 Å². The summed E-state index contributed by atoms with van der Waals surface area (Å²) >= 11 is 0. The van der Waals surface area contributed by atoms with Crippen LogP contribution in [0.2, 0.25) is 0 Å². The molecule has 20 heavy (non-hydrogen) atoms. The number of hydrogen-bond donors (Lipinski definition) is 1. The number of carbonyl (C=O) groups is 1. The number of alkyl halides is 3. The van der Waals surface area contributed by atoms with E-state index < -0.39 is 18.8 Å². The molecule has 0 aliphatic rings. The minimum Gasteiger partial charge on any atom is -0.478 e. The lowest BCUT2D eigenvalue weighted by Gasteiger charge is -2.09. The zero-order chi connectivity index (χ0) is 14.8. The third-order valence-corrected chi connectivity index (χ3v) is 2.76. The van der Waals surface area contributed by atoms with Crippen LogP contribution in [0.15, 0.2) is 30.5 Å². The van der Waals surface area contributed by atoms with Crippen molar-refractivity contribution >= 4 is 16.9 Å². The van der Waals surface area contributed by atoms with Crippen LogP contribution >= 0.6 is 0 Å². The number of benzene rings is 1.